The molecular weight excluding hydrogens is 498 g/mol. The van der Waals surface area contributed by atoms with E-state index in [-0.39, 0.29) is 5.41 Å². The summed E-state index contributed by atoms with van der Waals surface area (Å²) < 4.78 is 4.79. The molecule has 3 aromatic heterocycles. The number of para-hydroxylation sites is 3. The lowest BCUT2D eigenvalue weighted by molar-refractivity contribution is 0.628. The number of aromatic nitrogens is 3. The summed E-state index contributed by atoms with van der Waals surface area (Å²) in [5.41, 5.74) is 12.4. The van der Waals surface area contributed by atoms with Gasteiger partial charge in [-0.2, -0.15) is 0 Å². The van der Waals surface area contributed by atoms with E-state index in [1.54, 1.807) is 0 Å². The molecule has 194 valence electrons. The molecular formula is C38H27N3. The molecule has 0 fully saturated rings. The first-order valence-electron chi connectivity index (χ1n) is 14.2. The largest absolute Gasteiger partial charge is 0.309 e. The molecule has 4 heterocycles. The second-order valence-corrected chi connectivity index (χ2v) is 11.7. The van der Waals surface area contributed by atoms with Crippen molar-refractivity contribution in [2.24, 2.45) is 0 Å². The van der Waals surface area contributed by atoms with Gasteiger partial charge < -0.3 is 9.13 Å². The Balaban J connectivity index is 1.22. The Bertz CT molecular complexity index is 2280. The normalized spacial score (nSPS) is 13.8. The number of fused-ring (bicyclic) bond motifs is 8. The molecule has 3 nitrogen and oxygen atoms in total. The van der Waals surface area contributed by atoms with Crippen molar-refractivity contribution in [2.75, 3.05) is 0 Å². The smallest absolute Gasteiger partial charge is 0.0686 e. The molecule has 0 aliphatic carbocycles. The minimum atomic E-state index is -0.0897. The van der Waals surface area contributed by atoms with Crippen LogP contribution in [0, 0.1) is 0 Å². The molecule has 0 radical (unpaired) electrons. The monoisotopic (exact) mass is 525 g/mol. The zero-order valence-corrected chi connectivity index (χ0v) is 23.0. The van der Waals surface area contributed by atoms with Crippen LogP contribution >= 0.6 is 0 Å². The van der Waals surface area contributed by atoms with Gasteiger partial charge in [-0.25, -0.2) is 0 Å². The summed E-state index contributed by atoms with van der Waals surface area (Å²) in [5.74, 6) is 0. The average Bonchev–Trinajstić information content (AvgIpc) is 3.53. The maximum Gasteiger partial charge on any atom is 0.0686 e. The predicted octanol–water partition coefficient (Wildman–Crippen LogP) is 9.58. The van der Waals surface area contributed by atoms with Crippen LogP contribution in [0.4, 0.5) is 0 Å². The van der Waals surface area contributed by atoms with Crippen molar-refractivity contribution in [1.29, 1.82) is 0 Å². The topological polar surface area (TPSA) is 22.8 Å². The van der Waals surface area contributed by atoms with Gasteiger partial charge in [0.15, 0.2) is 0 Å². The number of nitrogens with zero attached hydrogens (tertiary/aromatic N) is 3. The van der Waals surface area contributed by atoms with E-state index in [0.29, 0.717) is 0 Å². The number of pyridine rings is 1. The van der Waals surface area contributed by atoms with Gasteiger partial charge in [-0.15, -0.1) is 0 Å². The van der Waals surface area contributed by atoms with Gasteiger partial charge in [-0.1, -0.05) is 86.6 Å². The Labute approximate surface area is 237 Å². The molecule has 0 amide bonds. The van der Waals surface area contributed by atoms with E-state index in [0.717, 1.165) is 0 Å². The van der Waals surface area contributed by atoms with E-state index in [4.69, 9.17) is 0 Å². The Morgan fingerprint density at radius 1 is 0.537 bits per heavy atom. The molecule has 0 saturated heterocycles. The molecule has 0 saturated carbocycles. The highest BCUT2D eigenvalue weighted by atomic mass is 15.0. The maximum absolute atomic E-state index is 4.52. The van der Waals surface area contributed by atoms with Crippen molar-refractivity contribution in [1.82, 2.24) is 14.1 Å². The van der Waals surface area contributed by atoms with Crippen molar-refractivity contribution in [2.45, 2.75) is 19.3 Å². The minimum absolute atomic E-state index is 0.0897. The molecule has 0 bridgehead atoms. The zero-order valence-electron chi connectivity index (χ0n) is 23.0. The molecule has 0 N–H and O–H groups in total. The fourth-order valence-electron chi connectivity index (χ4n) is 7.24. The first-order valence-corrected chi connectivity index (χ1v) is 14.2. The van der Waals surface area contributed by atoms with Crippen molar-refractivity contribution in [3.05, 3.63) is 139 Å². The third-order valence-corrected chi connectivity index (χ3v) is 9.21. The van der Waals surface area contributed by atoms with Gasteiger partial charge in [-0.05, 0) is 64.7 Å². The van der Waals surface area contributed by atoms with Gasteiger partial charge in [0.05, 0.1) is 34.0 Å². The molecule has 5 aromatic carbocycles. The molecule has 0 atom stereocenters. The van der Waals surface area contributed by atoms with Crippen molar-refractivity contribution in [3.8, 4) is 22.5 Å². The number of benzene rings is 5. The Kier molecular flexibility index (Phi) is 4.39. The van der Waals surface area contributed by atoms with Crippen LogP contribution in [0.1, 0.15) is 25.0 Å². The number of hydrogen-bond acceptors (Lipinski definition) is 1. The highest BCUT2D eigenvalue weighted by Crippen LogP contribution is 2.47. The maximum atomic E-state index is 4.52. The van der Waals surface area contributed by atoms with Crippen LogP contribution in [-0.4, -0.2) is 14.1 Å². The highest BCUT2D eigenvalue weighted by molar-refractivity contribution is 6.13. The van der Waals surface area contributed by atoms with Crippen LogP contribution in [0.5, 0.6) is 0 Å². The number of rotatable bonds is 2. The van der Waals surface area contributed by atoms with E-state index in [2.05, 4.69) is 143 Å². The van der Waals surface area contributed by atoms with E-state index >= 15 is 0 Å². The molecule has 1 aliphatic heterocycles. The minimum Gasteiger partial charge on any atom is -0.309 e. The van der Waals surface area contributed by atoms with Crippen molar-refractivity contribution < 1.29 is 0 Å². The van der Waals surface area contributed by atoms with Crippen LogP contribution in [0.2, 0.25) is 0 Å². The third-order valence-electron chi connectivity index (χ3n) is 9.21. The SMILES string of the molecule is CC1(C)c2ccncc2-n2c3ccc(-c4ccc(-n5c6ccccc6c6ccccc65)cc4)cc3c3cccc1c32. The van der Waals surface area contributed by atoms with Crippen molar-refractivity contribution >= 4 is 43.6 Å². The molecule has 0 spiro atoms. The van der Waals surface area contributed by atoms with Crippen LogP contribution in [0.25, 0.3) is 66.1 Å². The zero-order chi connectivity index (χ0) is 27.3. The van der Waals surface area contributed by atoms with E-state index in [9.17, 15) is 0 Å². The first kappa shape index (κ1) is 22.6. The molecule has 41 heavy (non-hydrogen) atoms. The molecule has 9 rings (SSSR count). The standard InChI is InChI=1S/C38H27N3/c1-38(2)31-20-21-39-23-36(31)41-35-19-16-25(22-30(35)29-10-7-11-32(38)37(29)41)24-14-17-26(18-15-24)40-33-12-5-3-8-27(33)28-9-4-6-13-34(28)40/h3-23H,1-2H3. The summed E-state index contributed by atoms with van der Waals surface area (Å²) in [6, 6.07) is 42.2. The molecule has 8 aromatic rings. The summed E-state index contributed by atoms with van der Waals surface area (Å²) in [4.78, 5) is 4.52. The summed E-state index contributed by atoms with van der Waals surface area (Å²) in [7, 11) is 0. The van der Waals surface area contributed by atoms with Gasteiger partial charge in [0.25, 0.3) is 0 Å². The fourth-order valence-corrected chi connectivity index (χ4v) is 7.24. The Hall–Kier alpha value is -5.15. The quantitative estimate of drug-likeness (QED) is 0.220. The van der Waals surface area contributed by atoms with Gasteiger partial charge in [-0.3, -0.25) is 4.98 Å². The van der Waals surface area contributed by atoms with E-state index in [1.807, 2.05) is 12.4 Å². The van der Waals surface area contributed by atoms with Gasteiger partial charge >= 0.3 is 0 Å². The van der Waals surface area contributed by atoms with Gasteiger partial charge in [0, 0.05) is 38.8 Å². The lowest BCUT2D eigenvalue weighted by atomic mass is 9.75. The van der Waals surface area contributed by atoms with Crippen LogP contribution < -0.4 is 0 Å². The predicted molar refractivity (Wildman–Crippen MR) is 170 cm³/mol. The van der Waals surface area contributed by atoms with Crippen molar-refractivity contribution in [3.63, 3.8) is 0 Å². The third kappa shape index (κ3) is 2.95. The second kappa shape index (κ2) is 7.96. The van der Waals surface area contributed by atoms with Gasteiger partial charge in [0.2, 0.25) is 0 Å². The first-order chi connectivity index (χ1) is 20.1. The summed E-state index contributed by atoms with van der Waals surface area (Å²) in [5, 5.41) is 5.14. The lowest BCUT2D eigenvalue weighted by Gasteiger charge is -2.34. The highest BCUT2D eigenvalue weighted by Gasteiger charge is 2.35. The second-order valence-electron chi connectivity index (χ2n) is 11.7. The lowest BCUT2D eigenvalue weighted by Crippen LogP contribution is -2.26. The van der Waals surface area contributed by atoms with Crippen LogP contribution in [0.3, 0.4) is 0 Å². The Morgan fingerprint density at radius 2 is 1.20 bits per heavy atom. The van der Waals surface area contributed by atoms with Crippen LogP contribution in [-0.2, 0) is 5.41 Å². The summed E-state index contributed by atoms with van der Waals surface area (Å²) >= 11 is 0. The average molecular weight is 526 g/mol. The summed E-state index contributed by atoms with van der Waals surface area (Å²) in [6.07, 6.45) is 3.94. The molecule has 1 aliphatic rings. The Morgan fingerprint density at radius 3 is 1.95 bits per heavy atom. The molecule has 3 heteroatoms. The fraction of sp³-hybridized carbons (Fsp3) is 0.0789. The van der Waals surface area contributed by atoms with E-state index in [1.165, 1.54) is 77.2 Å². The molecule has 0 unspecified atom stereocenters. The number of hydrogen-bond donors (Lipinski definition) is 0. The van der Waals surface area contributed by atoms with Gasteiger partial charge in [0.1, 0.15) is 0 Å². The van der Waals surface area contributed by atoms with Crippen LogP contribution in [0.15, 0.2) is 128 Å². The van der Waals surface area contributed by atoms with E-state index < -0.39 is 0 Å². The summed E-state index contributed by atoms with van der Waals surface area (Å²) in [6.45, 7) is 4.65.